The molecule has 0 aromatic heterocycles. The summed E-state index contributed by atoms with van der Waals surface area (Å²) in [6.07, 6.45) is 17.2. The summed E-state index contributed by atoms with van der Waals surface area (Å²) in [5, 5.41) is 0. The molecule has 90 valence electrons. The average molecular weight is 218 g/mol. The number of rotatable bonds is 2. The highest BCUT2D eigenvalue weighted by atomic mass is 14.2. The highest BCUT2D eigenvalue weighted by Crippen LogP contribution is 2.30. The first-order valence-electron chi connectivity index (χ1n) is 7.08. The van der Waals surface area contributed by atoms with Crippen molar-refractivity contribution in [1.29, 1.82) is 0 Å². The minimum absolute atomic E-state index is 0.836. The molecule has 1 unspecified atom stereocenters. The fraction of sp³-hybridized carbons (Fsp3) is 0.750. The van der Waals surface area contributed by atoms with Crippen molar-refractivity contribution in [3.8, 4) is 0 Å². The predicted molar refractivity (Wildman–Crippen MR) is 71.4 cm³/mol. The van der Waals surface area contributed by atoms with Crippen LogP contribution in [0.3, 0.4) is 0 Å². The van der Waals surface area contributed by atoms with Crippen molar-refractivity contribution in [2.75, 3.05) is 0 Å². The summed E-state index contributed by atoms with van der Waals surface area (Å²) >= 11 is 0. The lowest BCUT2D eigenvalue weighted by Gasteiger charge is -2.24. The van der Waals surface area contributed by atoms with E-state index in [9.17, 15) is 0 Å². The Morgan fingerprint density at radius 2 is 1.69 bits per heavy atom. The number of allylic oxidation sites excluding steroid dienone is 4. The van der Waals surface area contributed by atoms with E-state index in [4.69, 9.17) is 0 Å². The highest BCUT2D eigenvalue weighted by molar-refractivity contribution is 5.07. The smallest absolute Gasteiger partial charge is 0.0196 e. The Labute approximate surface area is 101 Å². The van der Waals surface area contributed by atoms with Gasteiger partial charge in [-0.15, -0.1) is 0 Å². The van der Waals surface area contributed by atoms with E-state index >= 15 is 0 Å². The lowest BCUT2D eigenvalue weighted by atomic mass is 9.81. The molecule has 0 aromatic carbocycles. The molecular weight excluding hydrogens is 192 g/mol. The molecule has 1 atom stereocenters. The Morgan fingerprint density at radius 3 is 2.31 bits per heavy atom. The summed E-state index contributed by atoms with van der Waals surface area (Å²) in [5.41, 5.74) is 1.59. The van der Waals surface area contributed by atoms with Crippen molar-refractivity contribution in [1.82, 2.24) is 0 Å². The van der Waals surface area contributed by atoms with Crippen LogP contribution in [0.5, 0.6) is 0 Å². The topological polar surface area (TPSA) is 0 Å². The Morgan fingerprint density at radius 1 is 1.00 bits per heavy atom. The van der Waals surface area contributed by atoms with E-state index in [1.807, 2.05) is 0 Å². The van der Waals surface area contributed by atoms with Crippen LogP contribution >= 0.6 is 0 Å². The van der Waals surface area contributed by atoms with Crippen LogP contribution in [0.25, 0.3) is 0 Å². The summed E-state index contributed by atoms with van der Waals surface area (Å²) in [4.78, 5) is 0. The van der Waals surface area contributed by atoms with E-state index in [-0.39, 0.29) is 0 Å². The molecule has 16 heavy (non-hydrogen) atoms. The van der Waals surface area contributed by atoms with Crippen LogP contribution in [-0.2, 0) is 0 Å². The Balaban J connectivity index is 1.76. The maximum absolute atomic E-state index is 2.53. The molecule has 0 heterocycles. The van der Waals surface area contributed by atoms with Gasteiger partial charge in [0, 0.05) is 0 Å². The Kier molecular flexibility index (Phi) is 4.26. The normalized spacial score (nSPS) is 36.4. The molecule has 1 saturated carbocycles. The van der Waals surface area contributed by atoms with Gasteiger partial charge in [0.15, 0.2) is 0 Å². The van der Waals surface area contributed by atoms with Crippen LogP contribution in [0.2, 0.25) is 0 Å². The van der Waals surface area contributed by atoms with Crippen molar-refractivity contribution in [3.05, 3.63) is 23.8 Å². The molecule has 2 aliphatic rings. The van der Waals surface area contributed by atoms with Gasteiger partial charge in [-0.05, 0) is 56.8 Å². The molecule has 0 saturated heterocycles. The van der Waals surface area contributed by atoms with E-state index in [1.165, 1.54) is 44.9 Å². The van der Waals surface area contributed by atoms with Crippen LogP contribution < -0.4 is 0 Å². The summed E-state index contributed by atoms with van der Waals surface area (Å²) in [6, 6.07) is 0. The van der Waals surface area contributed by atoms with Crippen molar-refractivity contribution in [2.45, 2.75) is 58.8 Å². The van der Waals surface area contributed by atoms with Gasteiger partial charge < -0.3 is 0 Å². The lowest BCUT2D eigenvalue weighted by Crippen LogP contribution is -2.10. The summed E-state index contributed by atoms with van der Waals surface area (Å²) in [6.45, 7) is 4.66. The van der Waals surface area contributed by atoms with Crippen molar-refractivity contribution in [3.63, 3.8) is 0 Å². The summed E-state index contributed by atoms with van der Waals surface area (Å²) in [5.74, 6) is 2.70. The van der Waals surface area contributed by atoms with Crippen LogP contribution in [0.15, 0.2) is 23.8 Å². The zero-order chi connectivity index (χ0) is 11.4. The third kappa shape index (κ3) is 3.50. The predicted octanol–water partition coefficient (Wildman–Crippen LogP) is 5.12. The second-order valence-electron chi connectivity index (χ2n) is 5.99. The maximum Gasteiger partial charge on any atom is -0.0196 e. The van der Waals surface area contributed by atoms with Crippen molar-refractivity contribution < 1.29 is 0 Å². The Hall–Kier alpha value is -0.520. The van der Waals surface area contributed by atoms with Gasteiger partial charge in [-0.1, -0.05) is 43.6 Å². The van der Waals surface area contributed by atoms with E-state index in [0.29, 0.717) is 0 Å². The third-order valence-corrected chi connectivity index (χ3v) is 4.39. The summed E-state index contributed by atoms with van der Waals surface area (Å²) in [7, 11) is 0. The van der Waals surface area contributed by atoms with Gasteiger partial charge in [0.05, 0.1) is 0 Å². The minimum Gasteiger partial charge on any atom is -0.0851 e. The fourth-order valence-electron chi connectivity index (χ4n) is 2.95. The number of hydrogen-bond donors (Lipinski definition) is 0. The zero-order valence-electron chi connectivity index (χ0n) is 10.9. The molecule has 0 radical (unpaired) electrons. The number of hydrogen-bond acceptors (Lipinski definition) is 0. The molecule has 0 spiro atoms. The highest BCUT2D eigenvalue weighted by Gasteiger charge is 2.16. The van der Waals surface area contributed by atoms with Gasteiger partial charge >= 0.3 is 0 Å². The van der Waals surface area contributed by atoms with E-state index < -0.39 is 0 Å². The van der Waals surface area contributed by atoms with Crippen LogP contribution in [0, 0.1) is 17.8 Å². The van der Waals surface area contributed by atoms with Crippen LogP contribution in [0.4, 0.5) is 0 Å². The van der Waals surface area contributed by atoms with E-state index in [0.717, 1.165) is 17.8 Å². The largest absolute Gasteiger partial charge is 0.0851 e. The molecule has 1 fully saturated rings. The molecule has 0 aromatic rings. The third-order valence-electron chi connectivity index (χ3n) is 4.39. The molecule has 0 bridgehead atoms. The van der Waals surface area contributed by atoms with Gasteiger partial charge in [0.1, 0.15) is 0 Å². The summed E-state index contributed by atoms with van der Waals surface area (Å²) < 4.78 is 0. The molecule has 0 amide bonds. The molecule has 0 N–H and O–H groups in total. The maximum atomic E-state index is 2.53. The average Bonchev–Trinajstić information content (AvgIpc) is 2.30. The van der Waals surface area contributed by atoms with E-state index in [2.05, 4.69) is 32.1 Å². The van der Waals surface area contributed by atoms with E-state index in [1.54, 1.807) is 5.57 Å². The second kappa shape index (κ2) is 5.70. The molecule has 2 rings (SSSR count). The SMILES string of the molecule is CC1=CCC(/C=C/C2CCC(C)CC2)CC1. The fourth-order valence-corrected chi connectivity index (χ4v) is 2.95. The quantitative estimate of drug-likeness (QED) is 0.565. The van der Waals surface area contributed by atoms with Crippen molar-refractivity contribution >= 4 is 0 Å². The van der Waals surface area contributed by atoms with Gasteiger partial charge in [0.2, 0.25) is 0 Å². The molecule has 2 aliphatic carbocycles. The van der Waals surface area contributed by atoms with Gasteiger partial charge in [-0.3, -0.25) is 0 Å². The van der Waals surface area contributed by atoms with Gasteiger partial charge in [-0.2, -0.15) is 0 Å². The molecule has 0 nitrogen and oxygen atoms in total. The monoisotopic (exact) mass is 218 g/mol. The standard InChI is InChI=1S/C16H26/c1-13-3-7-15(8-4-13)11-12-16-9-5-14(2)6-10-16/h3,11-12,14-16H,4-10H2,1-2H3/b12-11+. The molecule has 0 aliphatic heterocycles. The van der Waals surface area contributed by atoms with Crippen LogP contribution in [-0.4, -0.2) is 0 Å². The van der Waals surface area contributed by atoms with Crippen LogP contribution in [0.1, 0.15) is 58.8 Å². The molecule has 0 heteroatoms. The van der Waals surface area contributed by atoms with Gasteiger partial charge in [-0.25, -0.2) is 0 Å². The Bertz CT molecular complexity index is 264. The first-order chi connectivity index (χ1) is 7.74. The first-order valence-corrected chi connectivity index (χ1v) is 7.08. The van der Waals surface area contributed by atoms with Crippen molar-refractivity contribution in [2.24, 2.45) is 17.8 Å². The van der Waals surface area contributed by atoms with Gasteiger partial charge in [0.25, 0.3) is 0 Å². The molecular formula is C16H26. The lowest BCUT2D eigenvalue weighted by molar-refractivity contribution is 0.329. The second-order valence-corrected chi connectivity index (χ2v) is 5.99. The zero-order valence-corrected chi connectivity index (χ0v) is 10.9. The first kappa shape index (κ1) is 12.0. The minimum atomic E-state index is 0.836.